The van der Waals surface area contributed by atoms with Crippen LogP contribution in [0.2, 0.25) is 0 Å². The van der Waals surface area contributed by atoms with Crippen molar-refractivity contribution in [3.8, 4) is 11.3 Å². The molecule has 0 aliphatic carbocycles. The summed E-state index contributed by atoms with van der Waals surface area (Å²) in [7, 11) is 0. The van der Waals surface area contributed by atoms with Crippen molar-refractivity contribution in [2.24, 2.45) is 0 Å². The van der Waals surface area contributed by atoms with Crippen LogP contribution in [0.25, 0.3) is 11.3 Å². The molecule has 1 heterocycles. The Labute approximate surface area is 101 Å². The fourth-order valence-corrected chi connectivity index (χ4v) is 1.68. The molecule has 2 aromatic rings. The van der Waals surface area contributed by atoms with Crippen LogP contribution in [0.1, 0.15) is 11.1 Å². The lowest BCUT2D eigenvalue weighted by atomic mass is 10.0. The van der Waals surface area contributed by atoms with Gasteiger partial charge in [0.2, 0.25) is 0 Å². The zero-order valence-electron chi connectivity index (χ0n) is 9.42. The van der Waals surface area contributed by atoms with Crippen LogP contribution in [0.3, 0.4) is 0 Å². The molecular weight excluding hydrogens is 246 g/mol. The van der Waals surface area contributed by atoms with Crippen molar-refractivity contribution >= 4 is 0 Å². The molecule has 0 atom stereocenters. The average Bonchev–Trinajstić information content (AvgIpc) is 2.27. The third-order valence-electron chi connectivity index (χ3n) is 2.55. The lowest BCUT2D eigenvalue weighted by molar-refractivity contribution is -0.137. The molecule has 0 N–H and O–H groups in total. The minimum atomic E-state index is -4.38. The summed E-state index contributed by atoms with van der Waals surface area (Å²) in [6.07, 6.45) is -3.10. The topological polar surface area (TPSA) is 12.9 Å². The van der Waals surface area contributed by atoms with Gasteiger partial charge in [-0.1, -0.05) is 6.07 Å². The van der Waals surface area contributed by atoms with Gasteiger partial charge in [-0.25, -0.2) is 4.39 Å². The van der Waals surface area contributed by atoms with Gasteiger partial charge in [0, 0.05) is 17.8 Å². The number of halogens is 4. The van der Waals surface area contributed by atoms with Gasteiger partial charge in [0.05, 0.1) is 11.3 Å². The van der Waals surface area contributed by atoms with E-state index in [-0.39, 0.29) is 0 Å². The van der Waals surface area contributed by atoms with Crippen LogP contribution in [0.15, 0.2) is 36.5 Å². The Kier molecular flexibility index (Phi) is 3.07. The van der Waals surface area contributed by atoms with E-state index in [0.717, 1.165) is 12.1 Å². The monoisotopic (exact) mass is 255 g/mol. The van der Waals surface area contributed by atoms with E-state index in [4.69, 9.17) is 0 Å². The molecule has 1 aromatic heterocycles. The van der Waals surface area contributed by atoms with Gasteiger partial charge in [0.25, 0.3) is 0 Å². The molecule has 0 amide bonds. The maximum Gasteiger partial charge on any atom is 0.416 e. The Hall–Kier alpha value is -1.91. The molecule has 5 heteroatoms. The van der Waals surface area contributed by atoms with E-state index in [1.165, 1.54) is 31.3 Å². The molecule has 0 saturated heterocycles. The normalized spacial score (nSPS) is 11.6. The van der Waals surface area contributed by atoms with E-state index >= 15 is 0 Å². The Morgan fingerprint density at radius 1 is 1.06 bits per heavy atom. The number of alkyl halides is 3. The molecule has 0 saturated carbocycles. The zero-order chi connectivity index (χ0) is 13.3. The molecule has 0 aliphatic heterocycles. The molecular formula is C13H9F4N. The fraction of sp³-hybridized carbons (Fsp3) is 0.154. The summed E-state index contributed by atoms with van der Waals surface area (Å²) in [5.41, 5.74) is 0.492. The molecule has 0 bridgehead atoms. The molecule has 2 rings (SSSR count). The second-order valence-electron chi connectivity index (χ2n) is 3.89. The van der Waals surface area contributed by atoms with Gasteiger partial charge in [0.1, 0.15) is 5.82 Å². The molecule has 0 radical (unpaired) electrons. The highest BCUT2D eigenvalue weighted by atomic mass is 19.4. The highest BCUT2D eigenvalue weighted by Gasteiger charge is 2.30. The van der Waals surface area contributed by atoms with Crippen LogP contribution in [0, 0.1) is 12.7 Å². The summed E-state index contributed by atoms with van der Waals surface area (Å²) < 4.78 is 50.5. The van der Waals surface area contributed by atoms with Crippen molar-refractivity contribution in [3.63, 3.8) is 0 Å². The minimum Gasteiger partial charge on any atom is -0.256 e. The standard InChI is InChI=1S/C13H9F4N/c1-8-6-9(13(15,16)17)2-3-11(8)12-7-10(14)4-5-18-12/h2-7H,1H3. The number of benzene rings is 1. The average molecular weight is 255 g/mol. The van der Waals surface area contributed by atoms with Gasteiger partial charge in [0.15, 0.2) is 0 Å². The number of aryl methyl sites for hydroxylation is 1. The highest BCUT2D eigenvalue weighted by molar-refractivity contribution is 5.64. The van der Waals surface area contributed by atoms with Gasteiger partial charge in [-0.3, -0.25) is 4.98 Å². The maximum absolute atomic E-state index is 13.0. The second kappa shape index (κ2) is 4.40. The largest absolute Gasteiger partial charge is 0.416 e. The predicted octanol–water partition coefficient (Wildman–Crippen LogP) is 4.21. The molecule has 0 unspecified atom stereocenters. The van der Waals surface area contributed by atoms with Crippen LogP contribution >= 0.6 is 0 Å². The SMILES string of the molecule is Cc1cc(C(F)(F)F)ccc1-c1cc(F)ccn1. The molecule has 0 fully saturated rings. The fourth-order valence-electron chi connectivity index (χ4n) is 1.68. The molecule has 1 nitrogen and oxygen atoms in total. The van der Waals surface area contributed by atoms with Gasteiger partial charge in [-0.05, 0) is 30.7 Å². The van der Waals surface area contributed by atoms with Gasteiger partial charge in [-0.2, -0.15) is 13.2 Å². The van der Waals surface area contributed by atoms with E-state index in [9.17, 15) is 17.6 Å². The summed E-state index contributed by atoms with van der Waals surface area (Å²) >= 11 is 0. The van der Waals surface area contributed by atoms with Crippen LogP contribution in [0.4, 0.5) is 17.6 Å². The first-order valence-corrected chi connectivity index (χ1v) is 5.18. The van der Waals surface area contributed by atoms with Crippen molar-refractivity contribution in [3.05, 3.63) is 53.5 Å². The third-order valence-corrected chi connectivity index (χ3v) is 2.55. The van der Waals surface area contributed by atoms with Gasteiger partial charge >= 0.3 is 6.18 Å². The number of aromatic nitrogens is 1. The summed E-state index contributed by atoms with van der Waals surface area (Å²) in [4.78, 5) is 3.94. The summed E-state index contributed by atoms with van der Waals surface area (Å²) in [5, 5.41) is 0. The molecule has 18 heavy (non-hydrogen) atoms. The summed E-state index contributed by atoms with van der Waals surface area (Å²) in [5.74, 6) is -0.473. The van der Waals surface area contributed by atoms with Crippen molar-refractivity contribution in [1.82, 2.24) is 4.98 Å². The zero-order valence-corrected chi connectivity index (χ0v) is 9.42. The highest BCUT2D eigenvalue weighted by Crippen LogP contribution is 2.32. The molecule has 1 aromatic carbocycles. The molecule has 0 aliphatic rings. The smallest absolute Gasteiger partial charge is 0.256 e. The van der Waals surface area contributed by atoms with Crippen LogP contribution in [-0.2, 0) is 6.18 Å². The van der Waals surface area contributed by atoms with Crippen molar-refractivity contribution in [1.29, 1.82) is 0 Å². The minimum absolute atomic E-state index is 0.321. The predicted molar refractivity (Wildman–Crippen MR) is 59.4 cm³/mol. The van der Waals surface area contributed by atoms with Crippen LogP contribution in [0.5, 0.6) is 0 Å². The van der Waals surface area contributed by atoms with Gasteiger partial charge in [-0.15, -0.1) is 0 Å². The van der Waals surface area contributed by atoms with Crippen LogP contribution < -0.4 is 0 Å². The summed E-state index contributed by atoms with van der Waals surface area (Å²) in [6, 6.07) is 5.68. The number of hydrogen-bond donors (Lipinski definition) is 0. The lowest BCUT2D eigenvalue weighted by Gasteiger charge is -2.10. The van der Waals surface area contributed by atoms with Crippen molar-refractivity contribution < 1.29 is 17.6 Å². The molecule has 94 valence electrons. The van der Waals surface area contributed by atoms with E-state index in [0.29, 0.717) is 16.8 Å². The quantitative estimate of drug-likeness (QED) is 0.695. The number of hydrogen-bond acceptors (Lipinski definition) is 1. The van der Waals surface area contributed by atoms with Crippen molar-refractivity contribution in [2.45, 2.75) is 13.1 Å². The van der Waals surface area contributed by atoms with E-state index in [1.807, 2.05) is 0 Å². The first-order valence-electron chi connectivity index (χ1n) is 5.18. The Balaban J connectivity index is 2.48. The summed E-state index contributed by atoms with van der Waals surface area (Å²) in [6.45, 7) is 1.54. The lowest BCUT2D eigenvalue weighted by Crippen LogP contribution is -2.05. The number of rotatable bonds is 1. The van der Waals surface area contributed by atoms with Crippen LogP contribution in [-0.4, -0.2) is 4.98 Å². The first kappa shape index (κ1) is 12.5. The number of nitrogens with zero attached hydrogens (tertiary/aromatic N) is 1. The van der Waals surface area contributed by atoms with E-state index < -0.39 is 17.6 Å². The second-order valence-corrected chi connectivity index (χ2v) is 3.89. The van der Waals surface area contributed by atoms with E-state index in [1.54, 1.807) is 0 Å². The van der Waals surface area contributed by atoms with Gasteiger partial charge < -0.3 is 0 Å². The Bertz CT molecular complexity index is 575. The third kappa shape index (κ3) is 2.50. The maximum atomic E-state index is 13.0. The number of pyridine rings is 1. The Morgan fingerprint density at radius 3 is 2.33 bits per heavy atom. The van der Waals surface area contributed by atoms with E-state index in [2.05, 4.69) is 4.98 Å². The first-order chi connectivity index (χ1) is 8.38. The van der Waals surface area contributed by atoms with Crippen molar-refractivity contribution in [2.75, 3.05) is 0 Å². The Morgan fingerprint density at radius 2 is 1.78 bits per heavy atom. The molecule has 0 spiro atoms.